The highest BCUT2D eigenvalue weighted by atomic mass is 35.5. The maximum Gasteiger partial charge on any atom is 0.310 e. The van der Waals surface area contributed by atoms with E-state index in [1.54, 1.807) is 12.1 Å². The number of allylic oxidation sites excluding steroid dienone is 2. The number of hydrogen-bond acceptors (Lipinski definition) is 5. The molecule has 0 N–H and O–H groups in total. The van der Waals surface area contributed by atoms with E-state index in [0.29, 0.717) is 11.0 Å². The summed E-state index contributed by atoms with van der Waals surface area (Å²) in [5, 5.41) is 8.28. The highest BCUT2D eigenvalue weighted by Crippen LogP contribution is 2.49. The molecule has 7 heteroatoms. The molecule has 4 rings (SSSR count). The van der Waals surface area contributed by atoms with Crippen LogP contribution in [0.3, 0.4) is 0 Å². The van der Waals surface area contributed by atoms with Crippen LogP contribution in [-0.2, 0) is 9.53 Å². The van der Waals surface area contributed by atoms with Crippen LogP contribution in [0.15, 0.2) is 48.0 Å². The number of aromatic nitrogens is 3. The van der Waals surface area contributed by atoms with Crippen LogP contribution in [0.2, 0.25) is 0 Å². The molecule has 6 nitrogen and oxygen atoms in total. The first-order chi connectivity index (χ1) is 12.1. The number of benzene rings is 1. The molecule has 2 aliphatic rings. The summed E-state index contributed by atoms with van der Waals surface area (Å²) in [6.45, 7) is 3.47. The zero-order chi connectivity index (χ0) is 17.6. The molecule has 1 heterocycles. The third-order valence-corrected chi connectivity index (χ3v) is 5.06. The van der Waals surface area contributed by atoms with E-state index >= 15 is 0 Å². The Morgan fingerprint density at radius 3 is 2.72 bits per heavy atom. The van der Waals surface area contributed by atoms with Crippen molar-refractivity contribution in [1.29, 1.82) is 0 Å². The lowest BCUT2D eigenvalue weighted by molar-refractivity contribution is -0.149. The molecule has 25 heavy (non-hydrogen) atoms. The van der Waals surface area contributed by atoms with Crippen molar-refractivity contribution in [2.75, 3.05) is 6.61 Å². The molecule has 0 unspecified atom stereocenters. The fourth-order valence-electron chi connectivity index (χ4n) is 3.90. The number of carbonyl (C=O) groups is 2. The van der Waals surface area contributed by atoms with Gasteiger partial charge in [-0.05, 0) is 30.4 Å². The number of esters is 1. The second-order valence-corrected chi connectivity index (χ2v) is 6.99. The van der Waals surface area contributed by atoms with Gasteiger partial charge >= 0.3 is 5.97 Å². The van der Waals surface area contributed by atoms with Gasteiger partial charge in [0.05, 0.1) is 17.4 Å². The minimum Gasteiger partial charge on any atom is -0.460 e. The van der Waals surface area contributed by atoms with E-state index in [9.17, 15) is 9.59 Å². The fourth-order valence-corrected chi connectivity index (χ4v) is 3.95. The zero-order valence-corrected chi connectivity index (χ0v) is 14.1. The van der Waals surface area contributed by atoms with Gasteiger partial charge in [0.2, 0.25) is 0 Å². The van der Waals surface area contributed by atoms with Crippen molar-refractivity contribution in [2.45, 2.75) is 6.42 Å². The molecule has 0 aliphatic heterocycles. The summed E-state index contributed by atoms with van der Waals surface area (Å²) in [7, 11) is 0. The SMILES string of the molecule is C=C(Cl)COC(=O)[C@H]1[C@@H](C(=O)n2nnc3ccccc32)[C@H]2C=C[C@H]1C2. The Morgan fingerprint density at radius 2 is 1.96 bits per heavy atom. The first kappa shape index (κ1) is 16.0. The topological polar surface area (TPSA) is 74.1 Å². The number of para-hydroxylation sites is 1. The molecule has 1 fully saturated rings. The van der Waals surface area contributed by atoms with Crippen LogP contribution in [0, 0.1) is 23.7 Å². The van der Waals surface area contributed by atoms with E-state index in [1.807, 2.05) is 24.3 Å². The van der Waals surface area contributed by atoms with Gasteiger partial charge < -0.3 is 4.74 Å². The van der Waals surface area contributed by atoms with Crippen LogP contribution in [-0.4, -0.2) is 33.5 Å². The van der Waals surface area contributed by atoms with Crippen molar-refractivity contribution in [3.05, 3.63) is 48.0 Å². The molecule has 2 aromatic rings. The number of carbonyl (C=O) groups excluding carboxylic acids is 2. The summed E-state index contributed by atoms with van der Waals surface area (Å²) in [6, 6.07) is 7.25. The number of fused-ring (bicyclic) bond motifs is 3. The van der Waals surface area contributed by atoms with Crippen molar-refractivity contribution >= 4 is 34.5 Å². The normalized spacial score (nSPS) is 26.9. The Balaban J connectivity index is 1.65. The molecular weight excluding hydrogens is 342 g/mol. The smallest absolute Gasteiger partial charge is 0.310 e. The first-order valence-corrected chi connectivity index (χ1v) is 8.47. The number of hydrogen-bond donors (Lipinski definition) is 0. The summed E-state index contributed by atoms with van der Waals surface area (Å²) in [6.07, 6.45) is 4.77. The molecule has 1 saturated carbocycles. The average molecular weight is 358 g/mol. The molecule has 0 saturated heterocycles. The average Bonchev–Trinajstić information content (AvgIpc) is 3.32. The van der Waals surface area contributed by atoms with Crippen molar-refractivity contribution in [3.8, 4) is 0 Å². The monoisotopic (exact) mass is 357 g/mol. The summed E-state index contributed by atoms with van der Waals surface area (Å²) in [4.78, 5) is 25.7. The maximum absolute atomic E-state index is 13.1. The zero-order valence-electron chi connectivity index (χ0n) is 13.3. The molecule has 1 aromatic carbocycles. The molecule has 0 spiro atoms. The highest BCUT2D eigenvalue weighted by Gasteiger charge is 2.53. The Labute approximate surface area is 149 Å². The molecular formula is C18H16ClN3O3. The van der Waals surface area contributed by atoms with Crippen LogP contribution in [0.1, 0.15) is 11.2 Å². The van der Waals surface area contributed by atoms with Gasteiger partial charge in [0, 0.05) is 5.03 Å². The van der Waals surface area contributed by atoms with Gasteiger partial charge in [-0.1, -0.05) is 47.7 Å². The lowest BCUT2D eigenvalue weighted by Crippen LogP contribution is -2.37. The second kappa shape index (κ2) is 6.11. The van der Waals surface area contributed by atoms with Gasteiger partial charge in [-0.3, -0.25) is 9.59 Å². The maximum atomic E-state index is 13.1. The molecule has 0 radical (unpaired) electrons. The van der Waals surface area contributed by atoms with Crippen LogP contribution in [0.5, 0.6) is 0 Å². The largest absolute Gasteiger partial charge is 0.460 e. The number of rotatable bonds is 4. The number of ether oxygens (including phenoxy) is 1. The van der Waals surface area contributed by atoms with Crippen LogP contribution in [0.25, 0.3) is 11.0 Å². The summed E-state index contributed by atoms with van der Waals surface area (Å²) in [5.74, 6) is -1.65. The van der Waals surface area contributed by atoms with Gasteiger partial charge in [0.1, 0.15) is 12.1 Å². The van der Waals surface area contributed by atoms with Crippen LogP contribution in [0.4, 0.5) is 0 Å². The van der Waals surface area contributed by atoms with E-state index in [4.69, 9.17) is 16.3 Å². The predicted molar refractivity (Wildman–Crippen MR) is 91.8 cm³/mol. The summed E-state index contributed by atoms with van der Waals surface area (Å²) >= 11 is 5.68. The molecule has 128 valence electrons. The van der Waals surface area contributed by atoms with Gasteiger partial charge in [0.25, 0.3) is 5.91 Å². The van der Waals surface area contributed by atoms with E-state index in [0.717, 1.165) is 6.42 Å². The van der Waals surface area contributed by atoms with E-state index < -0.39 is 17.8 Å². The lowest BCUT2D eigenvalue weighted by atomic mass is 9.82. The van der Waals surface area contributed by atoms with Crippen LogP contribution < -0.4 is 0 Å². The summed E-state index contributed by atoms with van der Waals surface area (Å²) in [5.41, 5.74) is 1.28. The Bertz CT molecular complexity index is 904. The molecule has 0 amide bonds. The van der Waals surface area contributed by atoms with Gasteiger partial charge in [-0.15, -0.1) is 5.10 Å². The quantitative estimate of drug-likeness (QED) is 0.621. The third kappa shape index (κ3) is 2.66. The van der Waals surface area contributed by atoms with E-state index in [1.165, 1.54) is 4.68 Å². The van der Waals surface area contributed by atoms with Crippen LogP contribution >= 0.6 is 11.6 Å². The van der Waals surface area contributed by atoms with Crippen molar-refractivity contribution in [1.82, 2.24) is 15.0 Å². The first-order valence-electron chi connectivity index (χ1n) is 8.09. The molecule has 1 aromatic heterocycles. The Hall–Kier alpha value is -2.47. The highest BCUT2D eigenvalue weighted by molar-refractivity contribution is 6.29. The van der Waals surface area contributed by atoms with Crippen molar-refractivity contribution < 1.29 is 14.3 Å². The Morgan fingerprint density at radius 1 is 1.24 bits per heavy atom. The van der Waals surface area contributed by atoms with Gasteiger partial charge in [-0.2, -0.15) is 4.68 Å². The number of halogens is 1. The second-order valence-electron chi connectivity index (χ2n) is 6.45. The Kier molecular flexibility index (Phi) is 3.92. The third-order valence-electron chi connectivity index (χ3n) is 4.95. The summed E-state index contributed by atoms with van der Waals surface area (Å²) < 4.78 is 6.52. The van der Waals surface area contributed by atoms with Gasteiger partial charge in [0.15, 0.2) is 0 Å². The molecule has 2 bridgehead atoms. The van der Waals surface area contributed by atoms with E-state index in [-0.39, 0.29) is 29.4 Å². The van der Waals surface area contributed by atoms with Crippen molar-refractivity contribution in [2.24, 2.45) is 23.7 Å². The lowest BCUT2D eigenvalue weighted by Gasteiger charge is -2.25. The molecule has 2 aliphatic carbocycles. The van der Waals surface area contributed by atoms with Crippen molar-refractivity contribution in [3.63, 3.8) is 0 Å². The fraction of sp³-hybridized carbons (Fsp3) is 0.333. The standard InChI is InChI=1S/C18H16ClN3O3/c1-10(19)9-25-18(24)16-12-7-6-11(8-12)15(16)17(23)22-14-5-3-2-4-13(14)20-21-22/h2-7,11-12,15-16H,1,8-9H2/t11-,12-,15-,16+/m0/s1. The molecule has 4 atom stereocenters. The minimum atomic E-state index is -0.526. The minimum absolute atomic E-state index is 0.00447. The van der Waals surface area contributed by atoms with Gasteiger partial charge in [-0.25, -0.2) is 0 Å². The van der Waals surface area contributed by atoms with E-state index in [2.05, 4.69) is 16.9 Å². The number of nitrogens with zero attached hydrogens (tertiary/aromatic N) is 3. The predicted octanol–water partition coefficient (Wildman–Crippen LogP) is 2.81.